The van der Waals surface area contributed by atoms with Gasteiger partial charge in [0.2, 0.25) is 0 Å². The van der Waals surface area contributed by atoms with Crippen LogP contribution in [0.3, 0.4) is 0 Å². The van der Waals surface area contributed by atoms with Crippen LogP contribution in [0.25, 0.3) is 0 Å². The van der Waals surface area contributed by atoms with Gasteiger partial charge < -0.3 is 14.2 Å². The monoisotopic (exact) mass is 807 g/mol. The van der Waals surface area contributed by atoms with Crippen molar-refractivity contribution < 1.29 is 28.6 Å². The SMILES string of the molecule is CC/C=C\C/C=C\C/C=C\CCCCCCCCCCCC(=O)OCC(COC(=O)CCCCCC/C=C\CCCC)OC(=O)CCC/C=C\C/C=C\C/C=C\CC. The van der Waals surface area contributed by atoms with Crippen LogP contribution in [0.15, 0.2) is 85.1 Å². The molecule has 330 valence electrons. The Kier molecular flexibility index (Phi) is 43.6. The molecule has 0 heterocycles. The van der Waals surface area contributed by atoms with Crippen molar-refractivity contribution in [3.8, 4) is 0 Å². The molecule has 0 fully saturated rings. The minimum atomic E-state index is -0.807. The van der Waals surface area contributed by atoms with E-state index in [1.807, 2.05) is 0 Å². The molecule has 0 radical (unpaired) electrons. The molecule has 0 saturated heterocycles. The Morgan fingerprint density at radius 2 is 0.690 bits per heavy atom. The Hall–Kier alpha value is -3.41. The zero-order chi connectivity index (χ0) is 42.3. The molecular formula is C52H86O6. The standard InChI is InChI=1S/C52H86O6/c1-4-7-10-13-16-19-22-23-24-25-26-27-28-29-31-33-36-39-42-45-51(54)57-48-49(47-56-50(53)44-41-38-35-32-21-18-15-12-9-6-3)58-52(55)46-43-40-37-34-30-20-17-14-11-8-5-2/h7-8,10-11,15-20,23-24,34,37,49H,4-6,9,12-14,21-22,25-33,35-36,38-48H2,1-3H3/b10-7-,11-8-,18-15-,19-16-,20-17-,24-23-,37-34-. The second-order valence-electron chi connectivity index (χ2n) is 15.2. The minimum Gasteiger partial charge on any atom is -0.462 e. The molecule has 0 amide bonds. The second kappa shape index (κ2) is 46.3. The number of rotatable bonds is 41. The molecule has 0 aliphatic rings. The molecule has 0 N–H and O–H groups in total. The zero-order valence-corrected chi connectivity index (χ0v) is 37.5. The number of allylic oxidation sites excluding steroid dienone is 14. The van der Waals surface area contributed by atoms with Gasteiger partial charge in [-0.3, -0.25) is 14.4 Å². The zero-order valence-electron chi connectivity index (χ0n) is 37.5. The summed E-state index contributed by atoms with van der Waals surface area (Å²) in [5.41, 5.74) is 0. The highest BCUT2D eigenvalue weighted by Crippen LogP contribution is 2.13. The average Bonchev–Trinajstić information content (AvgIpc) is 3.22. The van der Waals surface area contributed by atoms with E-state index in [4.69, 9.17) is 14.2 Å². The van der Waals surface area contributed by atoms with Gasteiger partial charge in [0.05, 0.1) is 0 Å². The first kappa shape index (κ1) is 54.6. The van der Waals surface area contributed by atoms with E-state index in [9.17, 15) is 14.4 Å². The number of esters is 3. The number of ether oxygens (including phenoxy) is 3. The highest BCUT2D eigenvalue weighted by Gasteiger charge is 2.19. The van der Waals surface area contributed by atoms with E-state index >= 15 is 0 Å². The van der Waals surface area contributed by atoms with Gasteiger partial charge in [-0.2, -0.15) is 0 Å². The molecule has 1 unspecified atom stereocenters. The minimum absolute atomic E-state index is 0.104. The Morgan fingerprint density at radius 1 is 0.362 bits per heavy atom. The van der Waals surface area contributed by atoms with Gasteiger partial charge in [-0.25, -0.2) is 0 Å². The lowest BCUT2D eigenvalue weighted by atomic mass is 10.1. The lowest BCUT2D eigenvalue weighted by Crippen LogP contribution is -2.30. The Labute approximate surface area is 356 Å². The van der Waals surface area contributed by atoms with E-state index in [0.717, 1.165) is 103 Å². The molecule has 0 bridgehead atoms. The molecular weight excluding hydrogens is 721 g/mol. The Balaban J connectivity index is 4.37. The van der Waals surface area contributed by atoms with Crippen LogP contribution in [0.1, 0.15) is 207 Å². The maximum atomic E-state index is 12.7. The van der Waals surface area contributed by atoms with Crippen molar-refractivity contribution in [2.24, 2.45) is 0 Å². The van der Waals surface area contributed by atoms with Crippen molar-refractivity contribution in [3.05, 3.63) is 85.1 Å². The number of hydrogen-bond donors (Lipinski definition) is 0. The molecule has 0 aromatic heterocycles. The molecule has 0 spiro atoms. The van der Waals surface area contributed by atoms with E-state index in [2.05, 4.69) is 106 Å². The van der Waals surface area contributed by atoms with Crippen molar-refractivity contribution in [1.29, 1.82) is 0 Å². The average molecular weight is 807 g/mol. The molecule has 0 aromatic rings. The number of carbonyl (C=O) groups excluding carboxylic acids is 3. The molecule has 6 nitrogen and oxygen atoms in total. The molecule has 0 rings (SSSR count). The van der Waals surface area contributed by atoms with Crippen molar-refractivity contribution in [2.45, 2.75) is 213 Å². The smallest absolute Gasteiger partial charge is 0.306 e. The van der Waals surface area contributed by atoms with Gasteiger partial charge in [-0.15, -0.1) is 0 Å². The first-order chi connectivity index (χ1) is 28.5. The van der Waals surface area contributed by atoms with Gasteiger partial charge in [0.25, 0.3) is 0 Å². The third-order valence-electron chi connectivity index (χ3n) is 9.61. The molecule has 6 heteroatoms. The lowest BCUT2D eigenvalue weighted by Gasteiger charge is -2.18. The van der Waals surface area contributed by atoms with E-state index in [1.165, 1.54) is 57.8 Å². The summed E-state index contributed by atoms with van der Waals surface area (Å²) in [6.45, 7) is 6.28. The summed E-state index contributed by atoms with van der Waals surface area (Å²) < 4.78 is 16.6. The largest absolute Gasteiger partial charge is 0.462 e. The number of hydrogen-bond acceptors (Lipinski definition) is 6. The quantitative estimate of drug-likeness (QED) is 0.0265. The van der Waals surface area contributed by atoms with Crippen LogP contribution in [-0.2, 0) is 28.6 Å². The summed E-state index contributed by atoms with van der Waals surface area (Å²) >= 11 is 0. The maximum Gasteiger partial charge on any atom is 0.306 e. The third-order valence-corrected chi connectivity index (χ3v) is 9.61. The first-order valence-corrected chi connectivity index (χ1v) is 23.6. The summed E-state index contributed by atoms with van der Waals surface area (Å²) in [6.07, 6.45) is 58.7. The second-order valence-corrected chi connectivity index (χ2v) is 15.2. The molecule has 58 heavy (non-hydrogen) atoms. The number of carbonyl (C=O) groups is 3. The van der Waals surface area contributed by atoms with Crippen LogP contribution in [0.2, 0.25) is 0 Å². The lowest BCUT2D eigenvalue weighted by molar-refractivity contribution is -0.167. The number of unbranched alkanes of at least 4 members (excludes halogenated alkanes) is 16. The highest BCUT2D eigenvalue weighted by molar-refractivity contribution is 5.71. The van der Waals surface area contributed by atoms with Gasteiger partial charge in [0, 0.05) is 19.3 Å². The Bertz CT molecular complexity index is 1160. The van der Waals surface area contributed by atoms with Gasteiger partial charge in [-0.1, -0.05) is 176 Å². The van der Waals surface area contributed by atoms with Crippen LogP contribution in [-0.4, -0.2) is 37.2 Å². The summed E-state index contributed by atoms with van der Waals surface area (Å²) in [4.78, 5) is 37.7. The van der Waals surface area contributed by atoms with Gasteiger partial charge in [0.15, 0.2) is 6.10 Å². The predicted octanol–water partition coefficient (Wildman–Crippen LogP) is 15.3. The van der Waals surface area contributed by atoms with Crippen LogP contribution >= 0.6 is 0 Å². The van der Waals surface area contributed by atoms with Crippen LogP contribution in [0.4, 0.5) is 0 Å². The fourth-order valence-electron chi connectivity index (χ4n) is 6.11. The molecule has 0 aromatic carbocycles. The van der Waals surface area contributed by atoms with Crippen LogP contribution in [0.5, 0.6) is 0 Å². The molecule has 0 aliphatic carbocycles. The third kappa shape index (κ3) is 43.7. The van der Waals surface area contributed by atoms with Crippen molar-refractivity contribution in [1.82, 2.24) is 0 Å². The topological polar surface area (TPSA) is 78.9 Å². The maximum absolute atomic E-state index is 12.7. The van der Waals surface area contributed by atoms with Gasteiger partial charge in [-0.05, 0) is 96.3 Å². The first-order valence-electron chi connectivity index (χ1n) is 23.6. The molecule has 1 atom stereocenters. The van der Waals surface area contributed by atoms with Crippen LogP contribution in [0, 0.1) is 0 Å². The van der Waals surface area contributed by atoms with Crippen molar-refractivity contribution in [3.63, 3.8) is 0 Å². The molecule has 0 saturated carbocycles. The van der Waals surface area contributed by atoms with Gasteiger partial charge >= 0.3 is 17.9 Å². The summed E-state index contributed by atoms with van der Waals surface area (Å²) in [7, 11) is 0. The van der Waals surface area contributed by atoms with E-state index in [1.54, 1.807) is 0 Å². The Morgan fingerprint density at radius 3 is 1.12 bits per heavy atom. The summed E-state index contributed by atoms with van der Waals surface area (Å²) in [5.74, 6) is -0.986. The predicted molar refractivity (Wildman–Crippen MR) is 247 cm³/mol. The van der Waals surface area contributed by atoms with E-state index in [0.29, 0.717) is 19.3 Å². The fourth-order valence-corrected chi connectivity index (χ4v) is 6.11. The van der Waals surface area contributed by atoms with Crippen LogP contribution < -0.4 is 0 Å². The van der Waals surface area contributed by atoms with E-state index < -0.39 is 6.10 Å². The van der Waals surface area contributed by atoms with E-state index in [-0.39, 0.29) is 37.5 Å². The fraction of sp³-hybridized carbons (Fsp3) is 0.673. The van der Waals surface area contributed by atoms with Crippen molar-refractivity contribution >= 4 is 17.9 Å². The normalized spacial score (nSPS) is 12.8. The highest BCUT2D eigenvalue weighted by atomic mass is 16.6. The van der Waals surface area contributed by atoms with Crippen molar-refractivity contribution in [2.75, 3.05) is 13.2 Å². The van der Waals surface area contributed by atoms with Gasteiger partial charge in [0.1, 0.15) is 13.2 Å². The summed E-state index contributed by atoms with van der Waals surface area (Å²) in [5, 5.41) is 0. The summed E-state index contributed by atoms with van der Waals surface area (Å²) in [6, 6.07) is 0. The molecule has 0 aliphatic heterocycles.